The van der Waals surface area contributed by atoms with E-state index in [1.54, 1.807) is 13.8 Å². The molecule has 1 aliphatic rings. The lowest BCUT2D eigenvalue weighted by Gasteiger charge is -2.34. The summed E-state index contributed by atoms with van der Waals surface area (Å²) in [5, 5.41) is 2.70. The minimum Gasteiger partial charge on any atom is -0.467 e. The number of hydrogen-bond donors (Lipinski definition) is 1. The Kier molecular flexibility index (Phi) is 5.74. The van der Waals surface area contributed by atoms with Crippen LogP contribution in [-0.4, -0.2) is 55.2 Å². The molecule has 23 heavy (non-hydrogen) atoms. The summed E-state index contributed by atoms with van der Waals surface area (Å²) in [6.45, 7) is 5.76. The molecule has 1 aromatic rings. The molecule has 1 amide bonds. The number of benzene rings is 1. The van der Waals surface area contributed by atoms with E-state index in [-0.39, 0.29) is 5.91 Å². The van der Waals surface area contributed by atoms with Gasteiger partial charge in [-0.2, -0.15) is 0 Å². The Labute approximate surface area is 136 Å². The Bertz CT molecular complexity index is 545. The maximum absolute atomic E-state index is 12.4. The van der Waals surface area contributed by atoms with Crippen LogP contribution in [0.3, 0.4) is 0 Å². The Morgan fingerprint density at radius 2 is 2.04 bits per heavy atom. The second-order valence-electron chi connectivity index (χ2n) is 6.19. The third-order valence-corrected chi connectivity index (χ3v) is 3.82. The maximum atomic E-state index is 12.4. The van der Waals surface area contributed by atoms with E-state index >= 15 is 0 Å². The minimum atomic E-state index is -1.07. The van der Waals surface area contributed by atoms with Gasteiger partial charge < -0.3 is 14.8 Å². The number of esters is 1. The average molecular weight is 320 g/mol. The summed E-state index contributed by atoms with van der Waals surface area (Å²) in [5.41, 5.74) is 0.125. The van der Waals surface area contributed by atoms with Crippen LogP contribution in [-0.2, 0) is 25.6 Å². The lowest BCUT2D eigenvalue weighted by molar-refractivity contribution is -0.153. The number of methoxy groups -OCH3 is 1. The number of ether oxygens (including phenoxy) is 2. The molecule has 0 saturated carbocycles. The van der Waals surface area contributed by atoms with Crippen molar-refractivity contribution >= 4 is 11.9 Å². The zero-order valence-electron chi connectivity index (χ0n) is 13.9. The Hall–Kier alpha value is -1.92. The Morgan fingerprint density at radius 3 is 2.70 bits per heavy atom. The zero-order chi connectivity index (χ0) is 16.9. The molecular formula is C17H24N2O4. The molecule has 1 fully saturated rings. The second-order valence-corrected chi connectivity index (χ2v) is 6.19. The molecule has 0 aromatic heterocycles. The van der Waals surface area contributed by atoms with E-state index < -0.39 is 17.6 Å². The average Bonchev–Trinajstić information content (AvgIpc) is 2.54. The van der Waals surface area contributed by atoms with Gasteiger partial charge in [0.25, 0.3) is 5.91 Å². The first-order valence-electron chi connectivity index (χ1n) is 7.70. The lowest BCUT2D eigenvalue weighted by atomic mass is 10.1. The molecule has 0 bridgehead atoms. The minimum absolute atomic E-state index is 0.293. The predicted octanol–water partition coefficient (Wildman–Crippen LogP) is 0.955. The first-order valence-corrected chi connectivity index (χ1v) is 7.70. The molecule has 1 heterocycles. The molecule has 6 nitrogen and oxygen atoms in total. The van der Waals surface area contributed by atoms with Crippen LogP contribution in [0.25, 0.3) is 0 Å². The van der Waals surface area contributed by atoms with E-state index in [1.165, 1.54) is 12.7 Å². The number of nitrogens with one attached hydrogen (secondary N) is 1. The van der Waals surface area contributed by atoms with Gasteiger partial charge in [0.2, 0.25) is 0 Å². The quantitative estimate of drug-likeness (QED) is 0.818. The largest absolute Gasteiger partial charge is 0.467 e. The van der Waals surface area contributed by atoms with Crippen molar-refractivity contribution in [3.05, 3.63) is 35.9 Å². The predicted molar refractivity (Wildman–Crippen MR) is 85.7 cm³/mol. The Morgan fingerprint density at radius 1 is 1.35 bits per heavy atom. The van der Waals surface area contributed by atoms with Gasteiger partial charge in [-0.05, 0) is 19.4 Å². The van der Waals surface area contributed by atoms with Gasteiger partial charge >= 0.3 is 5.97 Å². The van der Waals surface area contributed by atoms with E-state index in [9.17, 15) is 9.59 Å². The summed E-state index contributed by atoms with van der Waals surface area (Å²) in [5.74, 6) is -0.777. The summed E-state index contributed by atoms with van der Waals surface area (Å²) in [7, 11) is 1.30. The highest BCUT2D eigenvalue weighted by molar-refractivity contribution is 5.89. The fraction of sp³-hybridized carbons (Fsp3) is 0.529. The van der Waals surface area contributed by atoms with Crippen LogP contribution in [0.5, 0.6) is 0 Å². The Balaban J connectivity index is 1.92. The highest BCUT2D eigenvalue weighted by Crippen LogP contribution is 2.12. The highest BCUT2D eigenvalue weighted by Gasteiger charge is 2.35. The van der Waals surface area contributed by atoms with E-state index in [1.807, 2.05) is 18.2 Å². The van der Waals surface area contributed by atoms with E-state index in [4.69, 9.17) is 9.47 Å². The smallest absolute Gasteiger partial charge is 0.330 e. The topological polar surface area (TPSA) is 67.9 Å². The van der Waals surface area contributed by atoms with Gasteiger partial charge in [-0.25, -0.2) is 4.79 Å². The lowest BCUT2D eigenvalue weighted by Crippen LogP contribution is -2.57. The van der Waals surface area contributed by atoms with Gasteiger partial charge in [-0.3, -0.25) is 9.69 Å². The third kappa shape index (κ3) is 4.77. The molecule has 126 valence electrons. The van der Waals surface area contributed by atoms with Crippen LogP contribution >= 0.6 is 0 Å². The summed E-state index contributed by atoms with van der Waals surface area (Å²) < 4.78 is 10.3. The fourth-order valence-corrected chi connectivity index (χ4v) is 2.54. The first-order chi connectivity index (χ1) is 10.9. The molecule has 6 heteroatoms. The van der Waals surface area contributed by atoms with Crippen molar-refractivity contribution in [2.45, 2.75) is 32.0 Å². The normalized spacial score (nSPS) is 19.2. The number of amides is 1. The number of hydrogen-bond acceptors (Lipinski definition) is 5. The number of rotatable bonds is 5. The second kappa shape index (κ2) is 7.57. The van der Waals surface area contributed by atoms with Gasteiger partial charge in [0.1, 0.15) is 11.6 Å². The molecule has 0 unspecified atom stereocenters. The number of morpholine rings is 1. The molecule has 0 aliphatic carbocycles. The van der Waals surface area contributed by atoms with Gasteiger partial charge in [0, 0.05) is 19.6 Å². The molecular weight excluding hydrogens is 296 g/mol. The van der Waals surface area contributed by atoms with E-state index in [0.29, 0.717) is 13.2 Å². The standard InChI is InChI=1S/C17H24N2O4/c1-17(2,16(21)22-3)18-15(20)14-12-19(9-10-23-14)11-13-7-5-4-6-8-13/h4-8,14H,9-12H2,1-3H3,(H,18,20)/t14-/m1/s1. The molecule has 0 spiro atoms. The van der Waals surface area contributed by atoms with Crippen molar-refractivity contribution in [2.75, 3.05) is 26.8 Å². The molecule has 1 aliphatic heterocycles. The van der Waals surface area contributed by atoms with Gasteiger partial charge in [-0.15, -0.1) is 0 Å². The van der Waals surface area contributed by atoms with Crippen LogP contribution in [0.15, 0.2) is 30.3 Å². The SMILES string of the molecule is COC(=O)C(C)(C)NC(=O)[C@H]1CN(Cc2ccccc2)CCO1. The fourth-order valence-electron chi connectivity index (χ4n) is 2.54. The maximum Gasteiger partial charge on any atom is 0.330 e. The zero-order valence-corrected chi connectivity index (χ0v) is 13.9. The van der Waals surface area contributed by atoms with Crippen LogP contribution in [0, 0.1) is 0 Å². The third-order valence-electron chi connectivity index (χ3n) is 3.82. The number of nitrogens with zero attached hydrogens (tertiary/aromatic N) is 1. The summed E-state index contributed by atoms with van der Waals surface area (Å²) >= 11 is 0. The summed E-state index contributed by atoms with van der Waals surface area (Å²) in [4.78, 5) is 26.2. The van der Waals surface area contributed by atoms with E-state index in [0.717, 1.165) is 13.1 Å². The van der Waals surface area contributed by atoms with Crippen LogP contribution < -0.4 is 5.32 Å². The van der Waals surface area contributed by atoms with Gasteiger partial charge in [0.15, 0.2) is 0 Å². The van der Waals surface area contributed by atoms with Crippen molar-refractivity contribution in [3.63, 3.8) is 0 Å². The van der Waals surface area contributed by atoms with Crippen LogP contribution in [0.4, 0.5) is 0 Å². The molecule has 2 rings (SSSR count). The summed E-state index contributed by atoms with van der Waals surface area (Å²) in [6.07, 6.45) is -0.587. The first kappa shape index (κ1) is 17.4. The molecule has 1 N–H and O–H groups in total. The van der Waals surface area contributed by atoms with Crippen molar-refractivity contribution in [1.82, 2.24) is 10.2 Å². The molecule has 1 aromatic carbocycles. The van der Waals surface area contributed by atoms with Crippen molar-refractivity contribution in [2.24, 2.45) is 0 Å². The number of carbonyl (C=O) groups excluding carboxylic acids is 2. The van der Waals surface area contributed by atoms with E-state index in [2.05, 4.69) is 22.3 Å². The van der Waals surface area contributed by atoms with Crippen LogP contribution in [0.1, 0.15) is 19.4 Å². The van der Waals surface area contributed by atoms with Crippen molar-refractivity contribution < 1.29 is 19.1 Å². The van der Waals surface area contributed by atoms with Gasteiger partial charge in [-0.1, -0.05) is 30.3 Å². The summed E-state index contributed by atoms with van der Waals surface area (Å²) in [6, 6.07) is 10.1. The molecule has 1 atom stereocenters. The molecule has 1 saturated heterocycles. The van der Waals surface area contributed by atoms with Crippen molar-refractivity contribution in [3.8, 4) is 0 Å². The monoisotopic (exact) mass is 320 g/mol. The molecule has 0 radical (unpaired) electrons. The van der Waals surface area contributed by atoms with Crippen LogP contribution in [0.2, 0.25) is 0 Å². The van der Waals surface area contributed by atoms with Crippen molar-refractivity contribution in [1.29, 1.82) is 0 Å². The number of carbonyl (C=O) groups is 2. The highest BCUT2D eigenvalue weighted by atomic mass is 16.5. The van der Waals surface area contributed by atoms with Gasteiger partial charge in [0.05, 0.1) is 13.7 Å².